The van der Waals surface area contributed by atoms with Crippen molar-refractivity contribution >= 4 is 41.5 Å². The third kappa shape index (κ3) is 5.00. The van der Waals surface area contributed by atoms with Gasteiger partial charge in [0.25, 0.3) is 0 Å². The van der Waals surface area contributed by atoms with Gasteiger partial charge in [-0.2, -0.15) is 0 Å². The molecule has 0 saturated carbocycles. The molecule has 3 N–H and O–H groups in total. The van der Waals surface area contributed by atoms with Crippen LogP contribution in [0.3, 0.4) is 0 Å². The minimum Gasteiger partial charge on any atom is -0.381 e. The van der Waals surface area contributed by atoms with Crippen molar-refractivity contribution in [1.29, 1.82) is 0 Å². The van der Waals surface area contributed by atoms with Crippen molar-refractivity contribution in [2.24, 2.45) is 11.7 Å². The third-order valence-corrected chi connectivity index (χ3v) is 4.62. The van der Waals surface area contributed by atoms with Gasteiger partial charge in [0.15, 0.2) is 0 Å². The second-order valence-corrected chi connectivity index (χ2v) is 6.19. The van der Waals surface area contributed by atoms with Crippen LogP contribution < -0.4 is 11.1 Å². The van der Waals surface area contributed by atoms with E-state index in [4.69, 9.17) is 33.7 Å². The monoisotopic (exact) mass is 366 g/mol. The highest BCUT2D eigenvalue weighted by molar-refractivity contribution is 6.42. The normalized spacial score (nSPS) is 18.2. The molecule has 1 aliphatic rings. The van der Waals surface area contributed by atoms with E-state index in [0.29, 0.717) is 23.3 Å². The Bertz CT molecular complexity index is 508. The van der Waals surface area contributed by atoms with Crippen LogP contribution in [0.4, 0.5) is 0 Å². The fourth-order valence-corrected chi connectivity index (χ4v) is 2.77. The Labute approximate surface area is 147 Å². The van der Waals surface area contributed by atoms with Crippen LogP contribution in [0.25, 0.3) is 0 Å². The number of benzene rings is 1. The molecule has 0 aromatic heterocycles. The third-order valence-electron chi connectivity index (χ3n) is 3.88. The summed E-state index contributed by atoms with van der Waals surface area (Å²) in [5, 5.41) is 3.91. The Hall–Kier alpha value is -0.520. The molecule has 1 heterocycles. The SMILES string of the molecule is CC(NC(=O)C(N)C1CCOCC1)c1ccc(Cl)c(Cl)c1.Cl. The van der Waals surface area contributed by atoms with Gasteiger partial charge in [-0.3, -0.25) is 4.79 Å². The maximum absolute atomic E-state index is 12.2. The molecule has 0 bridgehead atoms. The summed E-state index contributed by atoms with van der Waals surface area (Å²) in [5.74, 6) is 0.0419. The summed E-state index contributed by atoms with van der Waals surface area (Å²) < 4.78 is 5.29. The van der Waals surface area contributed by atoms with E-state index >= 15 is 0 Å². The quantitative estimate of drug-likeness (QED) is 0.858. The van der Waals surface area contributed by atoms with E-state index in [0.717, 1.165) is 18.4 Å². The van der Waals surface area contributed by atoms with Gasteiger partial charge in [0.2, 0.25) is 5.91 Å². The van der Waals surface area contributed by atoms with Gasteiger partial charge in [0.1, 0.15) is 0 Å². The summed E-state index contributed by atoms with van der Waals surface area (Å²) in [6, 6.07) is 4.66. The van der Waals surface area contributed by atoms with Crippen LogP contribution in [-0.4, -0.2) is 25.2 Å². The highest BCUT2D eigenvalue weighted by atomic mass is 35.5. The number of nitrogens with one attached hydrogen (secondary N) is 1. The maximum atomic E-state index is 12.2. The minimum absolute atomic E-state index is 0. The molecule has 124 valence electrons. The largest absolute Gasteiger partial charge is 0.381 e. The molecule has 1 aliphatic heterocycles. The summed E-state index contributed by atoms with van der Waals surface area (Å²) in [5.41, 5.74) is 6.96. The molecule has 2 rings (SSSR count). The number of hydrogen-bond acceptors (Lipinski definition) is 3. The van der Waals surface area contributed by atoms with Gasteiger partial charge >= 0.3 is 0 Å². The molecular weight excluding hydrogens is 347 g/mol. The molecule has 0 aliphatic carbocycles. The molecule has 22 heavy (non-hydrogen) atoms. The summed E-state index contributed by atoms with van der Waals surface area (Å²) >= 11 is 11.9. The van der Waals surface area contributed by atoms with Crippen LogP contribution in [0.2, 0.25) is 10.0 Å². The van der Waals surface area contributed by atoms with E-state index in [9.17, 15) is 4.79 Å². The zero-order chi connectivity index (χ0) is 15.4. The molecule has 2 unspecified atom stereocenters. The predicted octanol–water partition coefficient (Wildman–Crippen LogP) is 3.35. The lowest BCUT2D eigenvalue weighted by Crippen LogP contribution is -2.47. The van der Waals surface area contributed by atoms with Gasteiger partial charge < -0.3 is 15.8 Å². The molecule has 7 heteroatoms. The van der Waals surface area contributed by atoms with Crippen molar-refractivity contribution in [3.8, 4) is 0 Å². The van der Waals surface area contributed by atoms with Gasteiger partial charge in [-0.25, -0.2) is 0 Å². The molecule has 1 saturated heterocycles. The minimum atomic E-state index is -0.501. The highest BCUT2D eigenvalue weighted by Crippen LogP contribution is 2.26. The number of ether oxygens (including phenoxy) is 1. The molecule has 0 radical (unpaired) electrons. The van der Waals surface area contributed by atoms with Crippen LogP contribution >= 0.6 is 35.6 Å². The van der Waals surface area contributed by atoms with Crippen molar-refractivity contribution < 1.29 is 9.53 Å². The molecule has 1 fully saturated rings. The van der Waals surface area contributed by atoms with E-state index in [1.807, 2.05) is 13.0 Å². The van der Waals surface area contributed by atoms with Gasteiger partial charge in [-0.05, 0) is 43.4 Å². The average Bonchev–Trinajstić information content (AvgIpc) is 2.50. The van der Waals surface area contributed by atoms with Gasteiger partial charge in [-0.1, -0.05) is 29.3 Å². The van der Waals surface area contributed by atoms with E-state index < -0.39 is 6.04 Å². The summed E-state index contributed by atoms with van der Waals surface area (Å²) in [7, 11) is 0. The topological polar surface area (TPSA) is 64.4 Å². The molecule has 1 amide bonds. The first-order chi connectivity index (χ1) is 9.99. The molecular formula is C15H21Cl3N2O2. The van der Waals surface area contributed by atoms with Crippen molar-refractivity contribution in [3.05, 3.63) is 33.8 Å². The number of hydrogen-bond donors (Lipinski definition) is 2. The van der Waals surface area contributed by atoms with Crippen molar-refractivity contribution in [3.63, 3.8) is 0 Å². The maximum Gasteiger partial charge on any atom is 0.237 e. The average molecular weight is 368 g/mol. The number of halogens is 3. The van der Waals surface area contributed by atoms with Crippen LogP contribution in [0.15, 0.2) is 18.2 Å². The van der Waals surface area contributed by atoms with Crippen LogP contribution in [-0.2, 0) is 9.53 Å². The Balaban J connectivity index is 0.00000242. The highest BCUT2D eigenvalue weighted by Gasteiger charge is 2.27. The molecule has 2 atom stereocenters. The Morgan fingerprint density at radius 2 is 1.95 bits per heavy atom. The van der Waals surface area contributed by atoms with Crippen LogP contribution in [0.5, 0.6) is 0 Å². The standard InChI is InChI=1S/C15H20Cl2N2O2.ClH/c1-9(11-2-3-12(16)13(17)8-11)19-15(20)14(18)10-4-6-21-7-5-10;/h2-3,8-10,14H,4-7,18H2,1H3,(H,19,20);1H. The van der Waals surface area contributed by atoms with Crippen LogP contribution in [0.1, 0.15) is 31.4 Å². The summed E-state index contributed by atoms with van der Waals surface area (Å²) in [6.45, 7) is 3.25. The van der Waals surface area contributed by atoms with Crippen molar-refractivity contribution in [2.45, 2.75) is 31.8 Å². The lowest BCUT2D eigenvalue weighted by atomic mass is 9.91. The van der Waals surface area contributed by atoms with E-state index in [1.165, 1.54) is 0 Å². The summed E-state index contributed by atoms with van der Waals surface area (Å²) in [6.07, 6.45) is 1.66. The smallest absolute Gasteiger partial charge is 0.237 e. The molecule has 1 aromatic carbocycles. The fraction of sp³-hybridized carbons (Fsp3) is 0.533. The molecule has 4 nitrogen and oxygen atoms in total. The summed E-state index contributed by atoms with van der Waals surface area (Å²) in [4.78, 5) is 12.2. The number of amides is 1. The van der Waals surface area contributed by atoms with Gasteiger partial charge in [0, 0.05) is 13.2 Å². The van der Waals surface area contributed by atoms with Crippen LogP contribution in [0, 0.1) is 5.92 Å². The zero-order valence-corrected chi connectivity index (χ0v) is 14.7. The van der Waals surface area contributed by atoms with Crippen molar-refractivity contribution in [2.75, 3.05) is 13.2 Å². The number of carbonyl (C=O) groups excluding carboxylic acids is 1. The first-order valence-corrected chi connectivity index (χ1v) is 7.83. The zero-order valence-electron chi connectivity index (χ0n) is 12.4. The number of rotatable bonds is 4. The first kappa shape index (κ1) is 19.5. The van der Waals surface area contributed by atoms with E-state index in [1.54, 1.807) is 12.1 Å². The Morgan fingerprint density at radius 1 is 1.32 bits per heavy atom. The Morgan fingerprint density at radius 3 is 2.55 bits per heavy atom. The second-order valence-electron chi connectivity index (χ2n) is 5.38. The van der Waals surface area contributed by atoms with Crippen molar-refractivity contribution in [1.82, 2.24) is 5.32 Å². The Kier molecular flexibility index (Phi) is 7.94. The lowest BCUT2D eigenvalue weighted by Gasteiger charge is -2.28. The first-order valence-electron chi connectivity index (χ1n) is 7.07. The molecule has 1 aromatic rings. The lowest BCUT2D eigenvalue weighted by molar-refractivity contribution is -0.125. The number of nitrogens with two attached hydrogens (primary N) is 1. The van der Waals surface area contributed by atoms with Gasteiger partial charge in [-0.15, -0.1) is 12.4 Å². The van der Waals surface area contributed by atoms with Gasteiger partial charge in [0.05, 0.1) is 22.1 Å². The number of carbonyl (C=O) groups is 1. The fourth-order valence-electron chi connectivity index (χ4n) is 2.46. The second kappa shape index (κ2) is 8.94. The molecule has 0 spiro atoms. The predicted molar refractivity (Wildman–Crippen MR) is 91.8 cm³/mol. The van der Waals surface area contributed by atoms with E-state index in [2.05, 4.69) is 5.32 Å². The van der Waals surface area contributed by atoms with E-state index in [-0.39, 0.29) is 30.3 Å².